The van der Waals surface area contributed by atoms with Crippen molar-refractivity contribution in [1.29, 1.82) is 0 Å². The van der Waals surface area contributed by atoms with E-state index in [4.69, 9.17) is 14.2 Å². The van der Waals surface area contributed by atoms with E-state index in [2.05, 4.69) is 26.9 Å². The number of ether oxygens (including phenoxy) is 3. The van der Waals surface area contributed by atoms with Crippen molar-refractivity contribution >= 4 is 44.6 Å². The first-order valence-electron chi connectivity index (χ1n) is 17.2. The van der Waals surface area contributed by atoms with E-state index in [0.717, 1.165) is 31.1 Å². The number of carbonyl (C=O) groups excluding carboxylic acids is 4. The SMILES string of the molecule is C=C[C@@H]1C[C@]1(NC(=O)[C@@H]1C[C@@H](Oc2nccc3cc(OC)ccc23)CN1C(=O)[C@H](OC(=O)NC1CCCC1)C(C)C)C(=O)NS(=O)(=O)C1CC1. The minimum absolute atomic E-state index is 0.0240. The Kier molecular flexibility index (Phi) is 9.98. The van der Waals surface area contributed by atoms with Gasteiger partial charge in [0.2, 0.25) is 21.8 Å². The molecule has 1 aliphatic heterocycles. The third-order valence-corrected chi connectivity index (χ3v) is 11.9. The molecule has 4 amide bonds. The van der Waals surface area contributed by atoms with Gasteiger partial charge in [-0.3, -0.25) is 19.1 Å². The van der Waals surface area contributed by atoms with E-state index in [1.165, 1.54) is 11.0 Å². The second-order valence-corrected chi connectivity index (χ2v) is 16.0. The summed E-state index contributed by atoms with van der Waals surface area (Å²) in [4.78, 5) is 60.4. The van der Waals surface area contributed by atoms with Crippen LogP contribution in [-0.4, -0.2) is 90.9 Å². The van der Waals surface area contributed by atoms with Gasteiger partial charge < -0.3 is 29.7 Å². The minimum atomic E-state index is -3.89. The lowest BCUT2D eigenvalue weighted by Crippen LogP contribution is -2.57. The molecule has 14 nitrogen and oxygen atoms in total. The lowest BCUT2D eigenvalue weighted by atomic mass is 10.0. The normalized spacial score (nSPS) is 25.5. The first-order valence-corrected chi connectivity index (χ1v) is 18.8. The third kappa shape index (κ3) is 7.37. The fourth-order valence-corrected chi connectivity index (χ4v) is 8.29. The largest absolute Gasteiger partial charge is 0.497 e. The maximum Gasteiger partial charge on any atom is 0.408 e. The Morgan fingerprint density at radius 1 is 1.10 bits per heavy atom. The molecule has 2 heterocycles. The second-order valence-electron chi connectivity index (χ2n) is 14.1. The molecule has 0 bridgehead atoms. The van der Waals surface area contributed by atoms with Crippen LogP contribution in [0.3, 0.4) is 0 Å². The number of rotatable bonds is 13. The van der Waals surface area contributed by atoms with Crippen molar-refractivity contribution in [2.75, 3.05) is 13.7 Å². The Bertz CT molecular complexity index is 1770. The average molecular weight is 712 g/mol. The zero-order valence-electron chi connectivity index (χ0n) is 28.6. The third-order valence-electron chi connectivity index (χ3n) is 10.1. The molecule has 1 aromatic carbocycles. The number of sulfonamides is 1. The summed E-state index contributed by atoms with van der Waals surface area (Å²) in [6.07, 6.45) is 5.25. The van der Waals surface area contributed by atoms with Crippen LogP contribution in [0, 0.1) is 11.8 Å². The van der Waals surface area contributed by atoms with Crippen LogP contribution in [0.25, 0.3) is 10.8 Å². The molecule has 50 heavy (non-hydrogen) atoms. The Morgan fingerprint density at radius 3 is 2.48 bits per heavy atom. The number of fused-ring (bicyclic) bond motifs is 1. The van der Waals surface area contributed by atoms with Gasteiger partial charge in [0.05, 0.1) is 18.9 Å². The maximum absolute atomic E-state index is 14.2. The van der Waals surface area contributed by atoms with Crippen LogP contribution in [0.4, 0.5) is 4.79 Å². The molecule has 3 aliphatic carbocycles. The smallest absolute Gasteiger partial charge is 0.408 e. The fourth-order valence-electron chi connectivity index (χ4n) is 6.92. The molecular weight excluding hydrogens is 666 g/mol. The molecule has 15 heteroatoms. The molecule has 4 fully saturated rings. The van der Waals surface area contributed by atoms with Gasteiger partial charge in [-0.25, -0.2) is 18.2 Å². The molecule has 3 N–H and O–H groups in total. The van der Waals surface area contributed by atoms with E-state index in [9.17, 15) is 27.6 Å². The van der Waals surface area contributed by atoms with Crippen molar-refractivity contribution in [3.8, 4) is 11.6 Å². The summed E-state index contributed by atoms with van der Waals surface area (Å²) >= 11 is 0. The number of hydrogen-bond acceptors (Lipinski definition) is 10. The van der Waals surface area contributed by atoms with E-state index in [1.807, 2.05) is 18.2 Å². The molecule has 0 radical (unpaired) electrons. The number of aromatic nitrogens is 1. The molecule has 3 saturated carbocycles. The summed E-state index contributed by atoms with van der Waals surface area (Å²) < 4.78 is 44.8. The summed E-state index contributed by atoms with van der Waals surface area (Å²) in [7, 11) is -2.32. The number of hydrogen-bond donors (Lipinski definition) is 3. The summed E-state index contributed by atoms with van der Waals surface area (Å²) in [5.41, 5.74) is -1.54. The standard InChI is InChI=1S/C35H45N5O9S/c1-5-22-18-35(22,33(43)39-50(45,46)26-11-12-26)38-30(41)28-17-25(48-31-27-13-10-24(47-4)16-21(27)14-15-36-31)19-40(28)32(42)29(20(2)3)49-34(44)37-23-8-6-7-9-23/h5,10,13-16,20,22-23,25-26,28-29H,1,6-9,11-12,17-19H2,2-4H3,(H,37,44)(H,38,41)(H,39,43)/t22-,25-,28+,29-,35-/m1/s1. The molecule has 6 rings (SSSR count). The van der Waals surface area contributed by atoms with Gasteiger partial charge in [0.1, 0.15) is 23.4 Å². The van der Waals surface area contributed by atoms with Gasteiger partial charge in [-0.15, -0.1) is 6.58 Å². The number of alkyl carbamates (subject to hydrolysis) is 1. The zero-order chi connectivity index (χ0) is 35.8. The van der Waals surface area contributed by atoms with Gasteiger partial charge in [0, 0.05) is 30.0 Å². The number of nitrogens with one attached hydrogen (secondary N) is 3. The van der Waals surface area contributed by atoms with E-state index in [-0.39, 0.29) is 25.4 Å². The highest BCUT2D eigenvalue weighted by Crippen LogP contribution is 2.45. The van der Waals surface area contributed by atoms with Gasteiger partial charge in [-0.1, -0.05) is 32.8 Å². The second kappa shape index (κ2) is 14.1. The van der Waals surface area contributed by atoms with E-state index >= 15 is 0 Å². The molecule has 1 aromatic heterocycles. The Labute approximate surface area is 291 Å². The van der Waals surface area contributed by atoms with Gasteiger partial charge in [-0.05, 0) is 67.7 Å². The number of amides is 4. The van der Waals surface area contributed by atoms with Crippen molar-refractivity contribution in [1.82, 2.24) is 25.2 Å². The van der Waals surface area contributed by atoms with Crippen LogP contribution in [0.15, 0.2) is 43.1 Å². The van der Waals surface area contributed by atoms with Crippen molar-refractivity contribution in [2.45, 2.75) is 100 Å². The van der Waals surface area contributed by atoms with Gasteiger partial charge in [-0.2, -0.15) is 0 Å². The number of pyridine rings is 1. The van der Waals surface area contributed by atoms with E-state index in [0.29, 0.717) is 29.9 Å². The quantitative estimate of drug-likeness (QED) is 0.261. The maximum atomic E-state index is 14.2. The summed E-state index contributed by atoms with van der Waals surface area (Å²) in [6, 6.07) is 6.07. The lowest BCUT2D eigenvalue weighted by Gasteiger charge is -2.30. The summed E-state index contributed by atoms with van der Waals surface area (Å²) in [6.45, 7) is 7.21. The number of methoxy groups -OCH3 is 1. The highest BCUT2D eigenvalue weighted by Gasteiger charge is 2.62. The molecular formula is C35H45N5O9S. The first kappa shape index (κ1) is 35.4. The monoisotopic (exact) mass is 711 g/mol. The summed E-state index contributed by atoms with van der Waals surface area (Å²) in [5.74, 6) is -2.09. The molecule has 270 valence electrons. The van der Waals surface area contributed by atoms with E-state index in [1.54, 1.807) is 33.2 Å². The van der Waals surface area contributed by atoms with Crippen LogP contribution in [0.2, 0.25) is 0 Å². The van der Waals surface area contributed by atoms with Crippen LogP contribution in [-0.2, 0) is 29.1 Å². The van der Waals surface area contributed by atoms with E-state index < -0.39 is 74.7 Å². The fraction of sp³-hybridized carbons (Fsp3) is 0.571. The average Bonchev–Trinajstić information content (AvgIpc) is 3.97. The molecule has 5 atom stereocenters. The Hall–Kier alpha value is -4.40. The molecule has 0 unspecified atom stereocenters. The number of likely N-dealkylation sites (tertiary alicyclic amines) is 1. The Morgan fingerprint density at radius 2 is 1.84 bits per heavy atom. The zero-order valence-corrected chi connectivity index (χ0v) is 29.4. The summed E-state index contributed by atoms with van der Waals surface area (Å²) in [5, 5.41) is 6.50. The van der Waals surface area contributed by atoms with Gasteiger partial charge >= 0.3 is 6.09 Å². The molecule has 2 aromatic rings. The number of benzene rings is 1. The Balaban J connectivity index is 1.25. The minimum Gasteiger partial charge on any atom is -0.497 e. The van der Waals surface area contributed by atoms with Crippen LogP contribution in [0.1, 0.15) is 65.2 Å². The topological polar surface area (TPSA) is 182 Å². The van der Waals surface area contributed by atoms with Crippen molar-refractivity contribution < 1.29 is 41.8 Å². The number of nitrogens with zero attached hydrogens (tertiary/aromatic N) is 2. The highest BCUT2D eigenvalue weighted by atomic mass is 32.2. The van der Waals surface area contributed by atoms with Crippen LogP contribution >= 0.6 is 0 Å². The predicted octanol–water partition coefficient (Wildman–Crippen LogP) is 2.95. The lowest BCUT2D eigenvalue weighted by molar-refractivity contribution is -0.147. The van der Waals surface area contributed by atoms with Crippen molar-refractivity contribution in [2.24, 2.45) is 11.8 Å². The molecule has 4 aliphatic rings. The van der Waals surface area contributed by atoms with Gasteiger partial charge in [0.15, 0.2) is 6.10 Å². The number of carbonyl (C=O) groups is 4. The van der Waals surface area contributed by atoms with Gasteiger partial charge in [0.25, 0.3) is 11.8 Å². The highest BCUT2D eigenvalue weighted by molar-refractivity contribution is 7.91. The molecule has 1 saturated heterocycles. The van der Waals surface area contributed by atoms with Crippen molar-refractivity contribution in [3.63, 3.8) is 0 Å². The molecule has 0 spiro atoms. The van der Waals surface area contributed by atoms with Crippen LogP contribution < -0.4 is 24.8 Å². The van der Waals surface area contributed by atoms with Crippen molar-refractivity contribution in [3.05, 3.63) is 43.1 Å². The predicted molar refractivity (Wildman–Crippen MR) is 183 cm³/mol. The first-order chi connectivity index (χ1) is 23.8. The van der Waals surface area contributed by atoms with Crippen LogP contribution in [0.5, 0.6) is 11.6 Å².